The number of halogens is 1. The third-order valence-corrected chi connectivity index (χ3v) is 2.63. The van der Waals surface area contributed by atoms with Crippen molar-refractivity contribution in [3.05, 3.63) is 29.8 Å². The van der Waals surface area contributed by atoms with Crippen molar-refractivity contribution in [2.45, 2.75) is 39.7 Å². The van der Waals surface area contributed by atoms with Crippen LogP contribution in [0.25, 0.3) is 0 Å². The first-order chi connectivity index (χ1) is 9.19. The fourth-order valence-electron chi connectivity index (χ4n) is 1.95. The molecular formula is C14H19FN2O3. The van der Waals surface area contributed by atoms with Gasteiger partial charge in [-0.15, -0.1) is 0 Å². The lowest BCUT2D eigenvalue weighted by Gasteiger charge is -2.25. The summed E-state index contributed by atoms with van der Waals surface area (Å²) in [4.78, 5) is 26.4. The van der Waals surface area contributed by atoms with Crippen molar-refractivity contribution in [2.24, 2.45) is 5.41 Å². The number of carboxylic acid groups (broad SMARTS) is 1. The van der Waals surface area contributed by atoms with Crippen LogP contribution in [-0.4, -0.2) is 28.0 Å². The first-order valence-corrected chi connectivity index (χ1v) is 6.31. The normalized spacial score (nSPS) is 12.8. The number of aliphatic carboxylic acids is 1. The van der Waals surface area contributed by atoms with Gasteiger partial charge in [0.05, 0.1) is 18.2 Å². The Morgan fingerprint density at radius 2 is 2.10 bits per heavy atom. The van der Waals surface area contributed by atoms with E-state index in [1.54, 1.807) is 0 Å². The van der Waals surface area contributed by atoms with Crippen LogP contribution in [0, 0.1) is 11.2 Å². The smallest absolute Gasteiger partial charge is 0.305 e. The Balaban J connectivity index is 2.81. The van der Waals surface area contributed by atoms with Crippen LogP contribution in [0.3, 0.4) is 0 Å². The van der Waals surface area contributed by atoms with Crippen LogP contribution in [0.15, 0.2) is 18.5 Å². The van der Waals surface area contributed by atoms with Gasteiger partial charge in [0, 0.05) is 12.2 Å². The second kappa shape index (κ2) is 6.45. The molecule has 0 saturated heterocycles. The number of pyridine rings is 1. The Bertz CT molecular complexity index is 497. The molecule has 0 aliphatic rings. The summed E-state index contributed by atoms with van der Waals surface area (Å²) in [5.41, 5.74) is -0.284. The van der Waals surface area contributed by atoms with E-state index in [1.165, 1.54) is 12.3 Å². The molecule has 1 unspecified atom stereocenters. The van der Waals surface area contributed by atoms with Crippen LogP contribution in [-0.2, 0) is 4.79 Å². The Hall–Kier alpha value is -1.98. The number of hydrogen-bond donors (Lipinski definition) is 2. The Kier molecular flexibility index (Phi) is 5.19. The third-order valence-electron chi connectivity index (χ3n) is 2.63. The molecule has 0 saturated carbocycles. The van der Waals surface area contributed by atoms with Crippen molar-refractivity contribution in [1.29, 1.82) is 0 Å². The molecule has 0 aliphatic heterocycles. The van der Waals surface area contributed by atoms with E-state index >= 15 is 0 Å². The maximum Gasteiger partial charge on any atom is 0.305 e. The summed E-state index contributed by atoms with van der Waals surface area (Å²) >= 11 is 0. The summed E-state index contributed by atoms with van der Waals surface area (Å²) in [6, 6.07) is 0.715. The highest BCUT2D eigenvalue weighted by atomic mass is 19.1. The molecule has 1 rings (SSSR count). The van der Waals surface area contributed by atoms with Crippen LogP contribution >= 0.6 is 0 Å². The van der Waals surface area contributed by atoms with Crippen LogP contribution in [0.2, 0.25) is 0 Å². The standard InChI is InChI=1S/C14H19FN2O3/c1-14(2,3)7-9(6-12(18)19)17-13(20)10-4-5-16-8-11(10)15/h4-5,8-9H,6-7H2,1-3H3,(H,17,20)(H,18,19). The summed E-state index contributed by atoms with van der Waals surface area (Å²) in [6.45, 7) is 5.84. The third kappa shape index (κ3) is 5.34. The molecule has 0 fully saturated rings. The number of rotatable bonds is 5. The lowest BCUT2D eigenvalue weighted by atomic mass is 9.87. The second-order valence-electron chi connectivity index (χ2n) is 5.89. The van der Waals surface area contributed by atoms with Crippen molar-refractivity contribution in [1.82, 2.24) is 10.3 Å². The van der Waals surface area contributed by atoms with Gasteiger partial charge in [0.15, 0.2) is 5.82 Å². The van der Waals surface area contributed by atoms with Gasteiger partial charge >= 0.3 is 5.97 Å². The Morgan fingerprint density at radius 1 is 1.45 bits per heavy atom. The van der Waals surface area contributed by atoms with Gasteiger partial charge < -0.3 is 10.4 Å². The van der Waals surface area contributed by atoms with Gasteiger partial charge in [0.1, 0.15) is 0 Å². The molecule has 1 aromatic heterocycles. The molecule has 1 atom stereocenters. The predicted octanol–water partition coefficient (Wildman–Crippen LogP) is 2.23. The minimum Gasteiger partial charge on any atom is -0.481 e. The van der Waals surface area contributed by atoms with E-state index in [9.17, 15) is 14.0 Å². The number of carbonyl (C=O) groups excluding carboxylic acids is 1. The van der Waals surface area contributed by atoms with E-state index in [0.29, 0.717) is 6.42 Å². The Labute approximate surface area is 117 Å². The molecule has 5 nitrogen and oxygen atoms in total. The molecule has 0 aromatic carbocycles. The van der Waals surface area contributed by atoms with Crippen LogP contribution in [0.4, 0.5) is 4.39 Å². The number of carbonyl (C=O) groups is 2. The van der Waals surface area contributed by atoms with Gasteiger partial charge in [-0.05, 0) is 17.9 Å². The van der Waals surface area contributed by atoms with Crippen molar-refractivity contribution in [3.63, 3.8) is 0 Å². The fourth-order valence-corrected chi connectivity index (χ4v) is 1.95. The highest BCUT2D eigenvalue weighted by molar-refractivity contribution is 5.94. The Morgan fingerprint density at radius 3 is 2.60 bits per heavy atom. The quantitative estimate of drug-likeness (QED) is 0.868. The van der Waals surface area contributed by atoms with Crippen molar-refractivity contribution in [2.75, 3.05) is 0 Å². The van der Waals surface area contributed by atoms with Gasteiger partial charge in [0.25, 0.3) is 5.91 Å². The topological polar surface area (TPSA) is 79.3 Å². The van der Waals surface area contributed by atoms with Crippen molar-refractivity contribution in [3.8, 4) is 0 Å². The highest BCUT2D eigenvalue weighted by Crippen LogP contribution is 2.22. The largest absolute Gasteiger partial charge is 0.481 e. The molecule has 1 amide bonds. The molecule has 110 valence electrons. The van der Waals surface area contributed by atoms with Crippen LogP contribution in [0.1, 0.15) is 44.0 Å². The van der Waals surface area contributed by atoms with Gasteiger partial charge in [-0.25, -0.2) is 4.39 Å². The molecule has 0 radical (unpaired) electrons. The number of nitrogens with zero attached hydrogens (tertiary/aromatic N) is 1. The number of nitrogens with one attached hydrogen (secondary N) is 1. The summed E-state index contributed by atoms with van der Waals surface area (Å²) in [6.07, 6.45) is 2.55. The molecule has 1 heterocycles. The highest BCUT2D eigenvalue weighted by Gasteiger charge is 2.24. The predicted molar refractivity (Wildman–Crippen MR) is 71.8 cm³/mol. The first kappa shape index (κ1) is 16.1. The van der Waals surface area contributed by atoms with Gasteiger partial charge in [-0.1, -0.05) is 20.8 Å². The van der Waals surface area contributed by atoms with E-state index < -0.39 is 23.7 Å². The summed E-state index contributed by atoms with van der Waals surface area (Å²) in [5.74, 6) is -2.36. The number of aromatic nitrogens is 1. The van der Waals surface area contributed by atoms with Crippen molar-refractivity contribution >= 4 is 11.9 Å². The van der Waals surface area contributed by atoms with Crippen LogP contribution in [0.5, 0.6) is 0 Å². The minimum atomic E-state index is -1.00. The van der Waals surface area contributed by atoms with E-state index in [4.69, 9.17) is 5.11 Å². The van der Waals surface area contributed by atoms with E-state index in [2.05, 4.69) is 10.3 Å². The van der Waals surface area contributed by atoms with E-state index in [-0.39, 0.29) is 17.4 Å². The van der Waals surface area contributed by atoms with E-state index in [1.807, 2.05) is 20.8 Å². The van der Waals surface area contributed by atoms with Crippen molar-refractivity contribution < 1.29 is 19.1 Å². The molecule has 0 aliphatic carbocycles. The average molecular weight is 282 g/mol. The molecule has 0 bridgehead atoms. The second-order valence-corrected chi connectivity index (χ2v) is 5.89. The average Bonchev–Trinajstić information content (AvgIpc) is 2.25. The maximum atomic E-state index is 13.5. The molecule has 6 heteroatoms. The summed E-state index contributed by atoms with van der Waals surface area (Å²) < 4.78 is 13.5. The number of hydrogen-bond acceptors (Lipinski definition) is 3. The number of carboxylic acids is 1. The zero-order valence-corrected chi connectivity index (χ0v) is 11.8. The molecular weight excluding hydrogens is 263 g/mol. The minimum absolute atomic E-state index is 0.135. The monoisotopic (exact) mass is 282 g/mol. The van der Waals surface area contributed by atoms with E-state index in [0.717, 1.165) is 6.20 Å². The van der Waals surface area contributed by atoms with Gasteiger partial charge in [-0.3, -0.25) is 14.6 Å². The SMILES string of the molecule is CC(C)(C)CC(CC(=O)O)NC(=O)c1ccncc1F. The van der Waals surface area contributed by atoms with Crippen LogP contribution < -0.4 is 5.32 Å². The van der Waals surface area contributed by atoms with Gasteiger partial charge in [0.2, 0.25) is 0 Å². The molecule has 20 heavy (non-hydrogen) atoms. The van der Waals surface area contributed by atoms with Gasteiger partial charge in [-0.2, -0.15) is 0 Å². The zero-order chi connectivity index (χ0) is 15.3. The number of amides is 1. The maximum absolute atomic E-state index is 13.5. The first-order valence-electron chi connectivity index (χ1n) is 6.31. The lowest BCUT2D eigenvalue weighted by Crippen LogP contribution is -2.39. The lowest BCUT2D eigenvalue weighted by molar-refractivity contribution is -0.137. The summed E-state index contributed by atoms with van der Waals surface area (Å²) in [5, 5.41) is 11.5. The summed E-state index contributed by atoms with van der Waals surface area (Å²) in [7, 11) is 0. The zero-order valence-electron chi connectivity index (χ0n) is 11.8. The molecule has 2 N–H and O–H groups in total. The molecule has 1 aromatic rings. The fraction of sp³-hybridized carbons (Fsp3) is 0.500. The molecule has 0 spiro atoms.